The molecule has 0 spiro atoms. The van der Waals surface area contributed by atoms with Gasteiger partial charge in [-0.25, -0.2) is 29.1 Å². The number of hydrogen-bond acceptors (Lipinski definition) is 20. The van der Waals surface area contributed by atoms with Crippen LogP contribution in [0.15, 0.2) is 42.4 Å². The summed E-state index contributed by atoms with van der Waals surface area (Å²) in [6.07, 6.45) is -8.25. The average molecular weight is 864 g/mol. The molecule has 11 atom stereocenters. The Morgan fingerprint density at radius 2 is 1.72 bits per heavy atom. The van der Waals surface area contributed by atoms with Crippen molar-refractivity contribution in [3.8, 4) is 0 Å². The molecular weight excluding hydrogens is 820 g/mol. The molecule has 0 bridgehead atoms. The molecule has 3 aromatic rings. The fourth-order valence-corrected chi connectivity index (χ4v) is 8.07. The molecule has 3 aromatic heterocycles. The highest BCUT2D eigenvalue weighted by Gasteiger charge is 2.56. The third kappa shape index (κ3) is 10.7. The van der Waals surface area contributed by atoms with Crippen LogP contribution in [-0.4, -0.2) is 146 Å². The van der Waals surface area contributed by atoms with Gasteiger partial charge in [0.1, 0.15) is 47.7 Å². The molecule has 58 heavy (non-hydrogen) atoms. The van der Waals surface area contributed by atoms with E-state index in [2.05, 4.69) is 36.4 Å². The lowest BCUT2D eigenvalue weighted by Gasteiger charge is -2.27. The Morgan fingerprint density at radius 1 is 1.03 bits per heavy atom. The molecule has 2 aliphatic rings. The number of phosphoric ester groups is 1. The number of carbonyl (C=O) groups excluding carboxylic acids is 2. The number of esters is 1. The minimum Gasteiger partial charge on any atom is -0.455 e. The zero-order chi connectivity index (χ0) is 42.5. The van der Waals surface area contributed by atoms with Crippen LogP contribution in [0.4, 0.5) is 11.6 Å². The fourth-order valence-electron chi connectivity index (χ4n) is 6.08. The van der Waals surface area contributed by atoms with Gasteiger partial charge in [-0.1, -0.05) is 6.08 Å². The summed E-state index contributed by atoms with van der Waals surface area (Å²) in [4.78, 5) is 84.5. The number of amides is 1. The van der Waals surface area contributed by atoms with Crippen LogP contribution >= 0.6 is 15.4 Å². The summed E-state index contributed by atoms with van der Waals surface area (Å²) in [6.45, 7) is 2.19. The van der Waals surface area contributed by atoms with E-state index in [0.29, 0.717) is 4.57 Å². The van der Waals surface area contributed by atoms with Crippen molar-refractivity contribution >= 4 is 50.1 Å². The minimum atomic E-state index is -5.28. The van der Waals surface area contributed by atoms with Gasteiger partial charge in [0, 0.05) is 12.6 Å². The van der Waals surface area contributed by atoms with Gasteiger partial charge in [-0.3, -0.25) is 23.0 Å². The maximum atomic E-state index is 14.0. The largest absolute Gasteiger partial charge is 0.469 e. The van der Waals surface area contributed by atoms with E-state index in [1.807, 2.05) is 0 Å². The number of imidazole rings is 1. The molecule has 320 valence electrons. The second kappa shape index (κ2) is 18.8. The first-order valence-corrected chi connectivity index (χ1v) is 20.5. The van der Waals surface area contributed by atoms with Gasteiger partial charge in [-0.15, -0.1) is 6.58 Å². The Bertz CT molecular complexity index is 2100. The molecule has 5 rings (SSSR count). The van der Waals surface area contributed by atoms with E-state index in [1.165, 1.54) is 23.9 Å². The van der Waals surface area contributed by atoms with Crippen LogP contribution in [-0.2, 0) is 46.7 Å². The molecular formula is C30H43N9O17P2. The average Bonchev–Trinajstić information content (AvgIpc) is 3.82. The normalized spacial score (nSPS) is 26.9. The number of nitrogen functional groups attached to an aromatic ring is 2. The van der Waals surface area contributed by atoms with Crippen molar-refractivity contribution in [3.05, 3.63) is 48.1 Å². The van der Waals surface area contributed by atoms with Crippen LogP contribution in [0.1, 0.15) is 32.2 Å². The van der Waals surface area contributed by atoms with E-state index >= 15 is 0 Å². The Hall–Kier alpha value is -4.27. The lowest BCUT2D eigenvalue weighted by atomic mass is 10.1. The predicted octanol–water partition coefficient (Wildman–Crippen LogP) is -2.80. The number of aliphatic hydroxyl groups excluding tert-OH is 3. The first kappa shape index (κ1) is 44.8. The lowest BCUT2D eigenvalue weighted by Crippen LogP contribution is -2.49. The highest BCUT2D eigenvalue weighted by atomic mass is 31.2. The molecule has 1 amide bonds. The van der Waals surface area contributed by atoms with Crippen LogP contribution in [0.25, 0.3) is 11.2 Å². The SMILES string of the molecule is C=CCCC(=O)N[C@@H](COC[C@@H](C)O)C(=O)O[C@H]1[C@@H](O)[C@H](n2cnc3c(N)ncnc32)O[C@@H]1COP(=O)(O)[C@H]1[C@@H](O)[C@H](n2ccc(N)nc2=O)O[C@@H]1COP(=O)(O)O. The number of anilines is 2. The van der Waals surface area contributed by atoms with E-state index in [0.717, 1.165) is 18.6 Å². The topological polar surface area (TPSA) is 388 Å². The Balaban J connectivity index is 1.44. The minimum absolute atomic E-state index is 0.0301. The number of phosphoric acid groups is 1. The summed E-state index contributed by atoms with van der Waals surface area (Å²) in [6, 6.07) is -0.347. The van der Waals surface area contributed by atoms with Gasteiger partial charge in [-0.2, -0.15) is 4.98 Å². The third-order valence-corrected chi connectivity index (χ3v) is 11.1. The number of carbonyl (C=O) groups is 2. The number of nitrogens with one attached hydrogen (secondary N) is 1. The summed E-state index contributed by atoms with van der Waals surface area (Å²) in [7, 11) is -10.5. The Labute approximate surface area is 327 Å². The summed E-state index contributed by atoms with van der Waals surface area (Å²) in [5.74, 6) is -2.00. The molecule has 26 nitrogen and oxygen atoms in total. The first-order chi connectivity index (χ1) is 27.3. The Morgan fingerprint density at radius 3 is 2.40 bits per heavy atom. The highest BCUT2D eigenvalue weighted by molar-refractivity contribution is 7.53. The number of aromatic nitrogens is 6. The molecule has 2 fully saturated rings. The molecule has 2 saturated heterocycles. The fraction of sp³-hybridized carbons (Fsp3) is 0.567. The number of nitrogens with zero attached hydrogens (tertiary/aromatic N) is 6. The van der Waals surface area contributed by atoms with Crippen molar-refractivity contribution in [2.75, 3.05) is 37.9 Å². The van der Waals surface area contributed by atoms with Crippen molar-refractivity contribution in [1.82, 2.24) is 34.4 Å². The monoisotopic (exact) mass is 863 g/mol. The lowest BCUT2D eigenvalue weighted by molar-refractivity contribution is -0.162. The number of allylic oxidation sites excluding steroid dienone is 1. The zero-order valence-corrected chi connectivity index (χ0v) is 32.3. The molecule has 2 aliphatic heterocycles. The van der Waals surface area contributed by atoms with Crippen molar-refractivity contribution in [1.29, 1.82) is 0 Å². The molecule has 0 aromatic carbocycles. The van der Waals surface area contributed by atoms with Crippen LogP contribution in [0, 0.1) is 0 Å². The van der Waals surface area contributed by atoms with E-state index in [4.69, 9.17) is 34.9 Å². The summed E-state index contributed by atoms with van der Waals surface area (Å²) in [5.41, 5.74) is 8.51. The van der Waals surface area contributed by atoms with E-state index in [-0.39, 0.29) is 42.2 Å². The molecule has 28 heteroatoms. The number of hydrogen-bond donors (Lipinski definition) is 9. The van der Waals surface area contributed by atoms with E-state index in [9.17, 15) is 53.5 Å². The number of rotatable bonds is 19. The van der Waals surface area contributed by atoms with Crippen LogP contribution < -0.4 is 22.5 Å². The summed E-state index contributed by atoms with van der Waals surface area (Å²) >= 11 is 0. The first-order valence-electron chi connectivity index (χ1n) is 17.3. The summed E-state index contributed by atoms with van der Waals surface area (Å²) in [5, 5.41) is 35.0. The highest BCUT2D eigenvalue weighted by Crippen LogP contribution is 2.56. The molecule has 0 saturated carbocycles. The van der Waals surface area contributed by atoms with Gasteiger partial charge in [0.25, 0.3) is 0 Å². The number of aliphatic hydroxyl groups is 3. The van der Waals surface area contributed by atoms with Gasteiger partial charge in [0.05, 0.1) is 38.9 Å². The second-order valence-electron chi connectivity index (χ2n) is 13.1. The van der Waals surface area contributed by atoms with Crippen LogP contribution in [0.2, 0.25) is 0 Å². The molecule has 5 heterocycles. The number of ether oxygens (including phenoxy) is 4. The predicted molar refractivity (Wildman–Crippen MR) is 194 cm³/mol. The van der Waals surface area contributed by atoms with Gasteiger partial charge < -0.3 is 70.3 Å². The van der Waals surface area contributed by atoms with E-state index in [1.54, 1.807) is 0 Å². The zero-order valence-electron chi connectivity index (χ0n) is 30.5. The quantitative estimate of drug-likeness (QED) is 0.0334. The number of fused-ring (bicyclic) bond motifs is 1. The maximum Gasteiger partial charge on any atom is 0.469 e. The smallest absolute Gasteiger partial charge is 0.455 e. The molecule has 1 unspecified atom stereocenters. The van der Waals surface area contributed by atoms with Crippen LogP contribution in [0.3, 0.4) is 0 Å². The van der Waals surface area contributed by atoms with Gasteiger partial charge >= 0.3 is 27.1 Å². The maximum absolute atomic E-state index is 14.0. The summed E-state index contributed by atoms with van der Waals surface area (Å²) < 4.78 is 60.1. The number of nitrogens with two attached hydrogens (primary N) is 2. The van der Waals surface area contributed by atoms with Gasteiger partial charge in [0.15, 0.2) is 36.1 Å². The van der Waals surface area contributed by atoms with Crippen molar-refractivity contribution in [2.24, 2.45) is 0 Å². The van der Waals surface area contributed by atoms with Gasteiger partial charge in [-0.05, 0) is 19.4 Å². The van der Waals surface area contributed by atoms with Crippen LogP contribution in [0.5, 0.6) is 0 Å². The molecule has 11 N–H and O–H groups in total. The molecule has 0 aliphatic carbocycles. The van der Waals surface area contributed by atoms with Crippen molar-refractivity contribution < 1.29 is 76.7 Å². The third-order valence-electron chi connectivity index (χ3n) is 8.73. The molecule has 0 radical (unpaired) electrons. The van der Waals surface area contributed by atoms with E-state index < -0.39 is 114 Å². The second-order valence-corrected chi connectivity index (χ2v) is 16.3. The van der Waals surface area contributed by atoms with Crippen molar-refractivity contribution in [2.45, 2.75) is 80.5 Å². The Kier molecular flexibility index (Phi) is 14.5. The van der Waals surface area contributed by atoms with Gasteiger partial charge in [0.2, 0.25) is 5.91 Å². The standard InChI is InChI=1S/C30H43N9O17P2/c1-3-4-5-19(41)36-15(9-51-8-14(2)40)29(44)56-23-16(54-27(21(23)42)39-13-35-20-25(32)33-12-34-26(20)39)10-52-57(46,47)24-17(11-53-58(48,49)50)55-28(22(24)43)38-7-6-18(31)37-30(38)45/h3,6-7,12-17,21-24,27-28,40,42-43H,1,4-5,8-11H2,2H3,(H,36,41)(H,46,47)(H2,31,37,45)(H2,32,33,34)(H2,48,49,50)/t14-,15+,16-,17-,21-,22-,23-,24-,27-,28-/m1/s1. The van der Waals surface area contributed by atoms with Crippen molar-refractivity contribution in [3.63, 3.8) is 0 Å².